The van der Waals surface area contributed by atoms with E-state index in [1.807, 2.05) is 66.2 Å². The second-order valence-electron chi connectivity index (χ2n) is 7.34. The van der Waals surface area contributed by atoms with Gasteiger partial charge in [-0.1, -0.05) is 42.5 Å². The molecule has 1 heterocycles. The minimum Gasteiger partial charge on any atom is -0.497 e. The summed E-state index contributed by atoms with van der Waals surface area (Å²) < 4.78 is 7.08. The third-order valence-electron chi connectivity index (χ3n) is 5.28. The molecule has 7 heteroatoms. The maximum Gasteiger partial charge on any atom is 0.251 e. The SMILES string of the molecule is COc1ccc(C(=O)NCC(=O)NC(c2ccccc2)c2nc3ccccc3n2C)cc1. The van der Waals surface area contributed by atoms with Crippen LogP contribution in [-0.2, 0) is 11.8 Å². The highest BCUT2D eigenvalue weighted by atomic mass is 16.5. The predicted octanol–water partition coefficient (Wildman–Crippen LogP) is 3.22. The van der Waals surface area contributed by atoms with Crippen molar-refractivity contribution in [2.24, 2.45) is 7.05 Å². The van der Waals surface area contributed by atoms with Crippen LogP contribution in [0.2, 0.25) is 0 Å². The summed E-state index contributed by atoms with van der Waals surface area (Å²) in [5.41, 5.74) is 3.19. The Morgan fingerprint density at radius 1 is 0.969 bits per heavy atom. The Bertz CT molecular complexity index is 1230. The summed E-state index contributed by atoms with van der Waals surface area (Å²) in [4.78, 5) is 29.9. The number of aromatic nitrogens is 2. The molecule has 7 nitrogen and oxygen atoms in total. The Balaban J connectivity index is 1.51. The fraction of sp³-hybridized carbons (Fsp3) is 0.160. The van der Waals surface area contributed by atoms with Crippen LogP contribution in [0.25, 0.3) is 11.0 Å². The number of nitrogens with one attached hydrogen (secondary N) is 2. The van der Waals surface area contributed by atoms with Crippen LogP contribution in [0.15, 0.2) is 78.9 Å². The topological polar surface area (TPSA) is 85.2 Å². The van der Waals surface area contributed by atoms with Crippen LogP contribution < -0.4 is 15.4 Å². The van der Waals surface area contributed by atoms with Crippen LogP contribution in [0, 0.1) is 0 Å². The number of aryl methyl sites for hydroxylation is 1. The number of imidazole rings is 1. The molecule has 4 rings (SSSR count). The molecule has 4 aromatic rings. The zero-order chi connectivity index (χ0) is 22.5. The van der Waals surface area contributed by atoms with Crippen LogP contribution >= 0.6 is 0 Å². The van der Waals surface area contributed by atoms with Crippen molar-refractivity contribution in [2.75, 3.05) is 13.7 Å². The second-order valence-corrected chi connectivity index (χ2v) is 7.34. The molecule has 0 saturated carbocycles. The lowest BCUT2D eigenvalue weighted by Crippen LogP contribution is -2.39. The molecule has 0 bridgehead atoms. The van der Waals surface area contributed by atoms with Crippen molar-refractivity contribution in [3.63, 3.8) is 0 Å². The van der Waals surface area contributed by atoms with Crippen molar-refractivity contribution in [1.29, 1.82) is 0 Å². The molecule has 32 heavy (non-hydrogen) atoms. The van der Waals surface area contributed by atoms with Gasteiger partial charge in [0.25, 0.3) is 5.91 Å². The lowest BCUT2D eigenvalue weighted by molar-refractivity contribution is -0.120. The molecule has 2 N–H and O–H groups in total. The van der Waals surface area contributed by atoms with Crippen LogP contribution in [0.1, 0.15) is 27.8 Å². The van der Waals surface area contributed by atoms with Crippen LogP contribution in [0.5, 0.6) is 5.75 Å². The standard InChI is InChI=1S/C25H24N4O3/c1-29-21-11-7-6-10-20(21)27-24(29)23(17-8-4-3-5-9-17)28-22(30)16-26-25(31)18-12-14-19(32-2)15-13-18/h3-15,23H,16H2,1-2H3,(H,26,31)(H,28,30). The Labute approximate surface area is 186 Å². The summed E-state index contributed by atoms with van der Waals surface area (Å²) in [6.45, 7) is -0.155. The van der Waals surface area contributed by atoms with Crippen molar-refractivity contribution in [2.45, 2.75) is 6.04 Å². The van der Waals surface area contributed by atoms with Gasteiger partial charge < -0.3 is 19.9 Å². The minimum absolute atomic E-state index is 0.155. The number of amides is 2. The number of carbonyl (C=O) groups excluding carboxylic acids is 2. The van der Waals surface area contributed by atoms with Gasteiger partial charge in [0, 0.05) is 12.6 Å². The zero-order valence-corrected chi connectivity index (χ0v) is 17.9. The van der Waals surface area contributed by atoms with E-state index in [9.17, 15) is 9.59 Å². The third kappa shape index (κ3) is 4.46. The first-order valence-electron chi connectivity index (χ1n) is 10.2. The van der Waals surface area contributed by atoms with E-state index in [2.05, 4.69) is 10.6 Å². The van der Waals surface area contributed by atoms with Crippen LogP contribution in [0.4, 0.5) is 0 Å². The van der Waals surface area contributed by atoms with Crippen molar-refractivity contribution < 1.29 is 14.3 Å². The normalized spacial score (nSPS) is 11.7. The molecule has 0 fully saturated rings. The lowest BCUT2D eigenvalue weighted by atomic mass is 10.1. The summed E-state index contributed by atoms with van der Waals surface area (Å²) in [6, 6.07) is 23.7. The number of fused-ring (bicyclic) bond motifs is 1. The molecule has 0 saturated heterocycles. The Hall–Kier alpha value is -4.13. The molecular formula is C25H24N4O3. The average molecular weight is 428 g/mol. The van der Waals surface area contributed by atoms with Crippen molar-refractivity contribution in [3.05, 3.63) is 95.8 Å². The number of rotatable bonds is 7. The summed E-state index contributed by atoms with van der Waals surface area (Å²) in [6.07, 6.45) is 0. The smallest absolute Gasteiger partial charge is 0.251 e. The maximum absolute atomic E-state index is 12.8. The number of ether oxygens (including phenoxy) is 1. The van der Waals surface area contributed by atoms with Gasteiger partial charge in [-0.15, -0.1) is 0 Å². The van der Waals surface area contributed by atoms with E-state index in [1.165, 1.54) is 0 Å². The van der Waals surface area contributed by atoms with Crippen LogP contribution in [-0.4, -0.2) is 35.0 Å². The van der Waals surface area contributed by atoms with Crippen molar-refractivity contribution >= 4 is 22.8 Å². The van der Waals surface area contributed by atoms with E-state index < -0.39 is 6.04 Å². The van der Waals surface area contributed by atoms with Gasteiger partial charge in [-0.3, -0.25) is 9.59 Å². The van der Waals surface area contributed by atoms with E-state index in [4.69, 9.17) is 9.72 Å². The number of carbonyl (C=O) groups is 2. The number of hydrogen-bond donors (Lipinski definition) is 2. The molecule has 0 aliphatic carbocycles. The fourth-order valence-electron chi connectivity index (χ4n) is 3.58. The molecule has 1 aromatic heterocycles. The average Bonchev–Trinajstić information content (AvgIpc) is 3.18. The fourth-order valence-corrected chi connectivity index (χ4v) is 3.58. The number of nitrogens with zero attached hydrogens (tertiary/aromatic N) is 2. The van der Waals surface area contributed by atoms with Gasteiger partial charge in [-0.05, 0) is 42.0 Å². The highest BCUT2D eigenvalue weighted by Gasteiger charge is 2.22. The van der Waals surface area contributed by atoms with Crippen molar-refractivity contribution in [3.8, 4) is 5.75 Å². The molecule has 162 valence electrons. The number of methoxy groups -OCH3 is 1. The van der Waals surface area contributed by atoms with E-state index >= 15 is 0 Å². The molecule has 1 atom stereocenters. The first-order chi connectivity index (χ1) is 15.6. The van der Waals surface area contributed by atoms with E-state index in [-0.39, 0.29) is 18.4 Å². The monoisotopic (exact) mass is 428 g/mol. The van der Waals surface area contributed by atoms with E-state index in [0.717, 1.165) is 16.6 Å². The molecule has 3 aromatic carbocycles. The Morgan fingerprint density at radius 2 is 1.66 bits per heavy atom. The molecule has 0 aliphatic rings. The molecule has 0 spiro atoms. The first-order valence-corrected chi connectivity index (χ1v) is 10.2. The Morgan fingerprint density at radius 3 is 2.34 bits per heavy atom. The highest BCUT2D eigenvalue weighted by Crippen LogP contribution is 2.24. The van der Waals surface area contributed by atoms with E-state index in [0.29, 0.717) is 17.1 Å². The second kappa shape index (κ2) is 9.34. The quantitative estimate of drug-likeness (QED) is 0.473. The number of benzene rings is 3. The molecule has 0 aliphatic heterocycles. The third-order valence-corrected chi connectivity index (χ3v) is 5.28. The van der Waals surface area contributed by atoms with Gasteiger partial charge in [0.1, 0.15) is 17.6 Å². The van der Waals surface area contributed by atoms with Crippen molar-refractivity contribution in [1.82, 2.24) is 20.2 Å². The maximum atomic E-state index is 12.8. The first kappa shape index (κ1) is 21.1. The van der Waals surface area contributed by atoms with Gasteiger partial charge in [-0.2, -0.15) is 0 Å². The summed E-state index contributed by atoms with van der Waals surface area (Å²) in [5, 5.41) is 5.69. The van der Waals surface area contributed by atoms with Crippen LogP contribution in [0.3, 0.4) is 0 Å². The molecule has 1 unspecified atom stereocenters. The Kier molecular flexibility index (Phi) is 6.17. The zero-order valence-electron chi connectivity index (χ0n) is 17.9. The summed E-state index contributed by atoms with van der Waals surface area (Å²) >= 11 is 0. The van der Waals surface area contributed by atoms with Gasteiger partial charge in [0.15, 0.2) is 0 Å². The van der Waals surface area contributed by atoms with E-state index in [1.54, 1.807) is 31.4 Å². The lowest BCUT2D eigenvalue weighted by Gasteiger charge is -2.19. The predicted molar refractivity (Wildman–Crippen MR) is 122 cm³/mol. The number of hydrogen-bond acceptors (Lipinski definition) is 4. The molecule has 0 radical (unpaired) electrons. The summed E-state index contributed by atoms with van der Waals surface area (Å²) in [5.74, 6) is 0.731. The van der Waals surface area contributed by atoms with Gasteiger partial charge >= 0.3 is 0 Å². The van der Waals surface area contributed by atoms with Gasteiger partial charge in [0.2, 0.25) is 5.91 Å². The van der Waals surface area contributed by atoms with Gasteiger partial charge in [-0.25, -0.2) is 4.98 Å². The molecule has 2 amide bonds. The number of para-hydroxylation sites is 2. The van der Waals surface area contributed by atoms with Gasteiger partial charge in [0.05, 0.1) is 24.7 Å². The molecular weight excluding hydrogens is 404 g/mol. The minimum atomic E-state index is -0.459. The largest absolute Gasteiger partial charge is 0.497 e. The summed E-state index contributed by atoms with van der Waals surface area (Å²) in [7, 11) is 3.49. The highest BCUT2D eigenvalue weighted by molar-refractivity contribution is 5.96.